The van der Waals surface area contributed by atoms with E-state index >= 15 is 0 Å². The van der Waals surface area contributed by atoms with E-state index in [4.69, 9.17) is 4.74 Å². The molecule has 1 N–H and O–H groups in total. The minimum absolute atomic E-state index is 0.0283. The van der Waals surface area contributed by atoms with Crippen LogP contribution in [0, 0.1) is 20.8 Å². The Hall–Kier alpha value is -2.60. The molecule has 1 saturated heterocycles. The summed E-state index contributed by atoms with van der Waals surface area (Å²) >= 11 is 0. The summed E-state index contributed by atoms with van der Waals surface area (Å²) < 4.78 is 7.83. The molecule has 0 aliphatic carbocycles. The van der Waals surface area contributed by atoms with E-state index in [-0.39, 0.29) is 12.0 Å². The molecule has 1 atom stereocenters. The molecule has 0 spiro atoms. The molecular formula is C22H28N4O2. The molecule has 0 unspecified atom stereocenters. The van der Waals surface area contributed by atoms with Crippen LogP contribution in [0.3, 0.4) is 0 Å². The van der Waals surface area contributed by atoms with Crippen LogP contribution >= 0.6 is 0 Å². The first-order valence-electron chi connectivity index (χ1n) is 9.97. The van der Waals surface area contributed by atoms with Gasteiger partial charge < -0.3 is 14.6 Å². The fraction of sp³-hybridized carbons (Fsp3) is 0.455. The lowest BCUT2D eigenvalue weighted by molar-refractivity contribution is -0.131. The zero-order valence-corrected chi connectivity index (χ0v) is 16.9. The van der Waals surface area contributed by atoms with Crippen LogP contribution in [0.25, 0.3) is 10.9 Å². The number of carbonyl (C=O) groups is 1. The lowest BCUT2D eigenvalue weighted by Crippen LogP contribution is -2.39. The molecule has 0 radical (unpaired) electrons. The fourth-order valence-electron chi connectivity index (χ4n) is 4.14. The first kappa shape index (κ1) is 18.7. The number of benzene rings is 1. The third kappa shape index (κ3) is 3.69. The smallest absolute Gasteiger partial charge is 0.227 e. The maximum absolute atomic E-state index is 13.2. The first-order chi connectivity index (χ1) is 13.5. The lowest BCUT2D eigenvalue weighted by atomic mass is 10.0. The van der Waals surface area contributed by atoms with Crippen molar-refractivity contribution in [2.45, 2.75) is 46.3 Å². The molecule has 148 valence electrons. The summed E-state index contributed by atoms with van der Waals surface area (Å²) in [6.45, 7) is 8.99. The van der Waals surface area contributed by atoms with E-state index in [1.165, 1.54) is 16.5 Å². The Morgan fingerprint density at radius 3 is 2.89 bits per heavy atom. The van der Waals surface area contributed by atoms with Gasteiger partial charge in [0.1, 0.15) is 0 Å². The van der Waals surface area contributed by atoms with Crippen molar-refractivity contribution in [3.63, 3.8) is 0 Å². The number of rotatable bonds is 4. The second-order valence-corrected chi connectivity index (χ2v) is 7.77. The highest BCUT2D eigenvalue weighted by atomic mass is 16.5. The number of carbonyl (C=O) groups excluding carboxylic acids is 1. The number of hydrogen-bond acceptors (Lipinski definition) is 3. The highest BCUT2D eigenvalue weighted by molar-refractivity contribution is 5.93. The van der Waals surface area contributed by atoms with Crippen molar-refractivity contribution in [3.05, 3.63) is 53.0 Å². The number of aromatic nitrogens is 3. The van der Waals surface area contributed by atoms with E-state index in [9.17, 15) is 4.79 Å². The monoisotopic (exact) mass is 380 g/mol. The molecule has 1 amide bonds. The van der Waals surface area contributed by atoms with Crippen LogP contribution in [0.4, 0.5) is 0 Å². The van der Waals surface area contributed by atoms with Gasteiger partial charge in [-0.3, -0.25) is 9.48 Å². The van der Waals surface area contributed by atoms with Crippen LogP contribution in [-0.4, -0.2) is 51.4 Å². The van der Waals surface area contributed by atoms with Crippen LogP contribution in [0.15, 0.2) is 30.6 Å². The molecule has 1 aliphatic heterocycles. The second kappa shape index (κ2) is 7.80. The topological polar surface area (TPSA) is 63.1 Å². The summed E-state index contributed by atoms with van der Waals surface area (Å²) in [5.41, 5.74) is 5.78. The van der Waals surface area contributed by atoms with Crippen LogP contribution < -0.4 is 0 Å². The van der Waals surface area contributed by atoms with Gasteiger partial charge in [0.15, 0.2) is 0 Å². The van der Waals surface area contributed by atoms with E-state index in [2.05, 4.69) is 43.0 Å². The van der Waals surface area contributed by atoms with Crippen LogP contribution in [-0.2, 0) is 22.5 Å². The average Bonchev–Trinajstić information content (AvgIpc) is 3.21. The summed E-state index contributed by atoms with van der Waals surface area (Å²) in [5.74, 6) is 0.167. The quantitative estimate of drug-likeness (QED) is 0.756. The zero-order chi connectivity index (χ0) is 19.7. The van der Waals surface area contributed by atoms with E-state index in [0.717, 1.165) is 29.7 Å². The molecule has 28 heavy (non-hydrogen) atoms. The van der Waals surface area contributed by atoms with Crippen LogP contribution in [0.5, 0.6) is 0 Å². The molecule has 3 heterocycles. The summed E-state index contributed by atoms with van der Waals surface area (Å²) in [6, 6.07) is 6.17. The Bertz CT molecular complexity index is 974. The van der Waals surface area contributed by atoms with Gasteiger partial charge in [-0.15, -0.1) is 0 Å². The van der Waals surface area contributed by atoms with Crippen molar-refractivity contribution in [2.75, 3.05) is 19.7 Å². The number of H-pyrrole nitrogens is 1. The third-order valence-corrected chi connectivity index (χ3v) is 5.67. The largest absolute Gasteiger partial charge is 0.374 e. The Labute approximate surface area is 165 Å². The molecule has 0 bridgehead atoms. The number of fused-ring (bicyclic) bond motifs is 1. The standard InChI is InChI=1S/C22H28N4O2/c1-15-6-7-16(2)22-21(15)19(17(3)24-22)12-20(27)25-9-5-11-28-18(13-25)14-26-10-4-8-23-26/h4,6-8,10,18,24H,5,9,11-14H2,1-3H3/t18-/m1/s1. The van der Waals surface area contributed by atoms with Crippen molar-refractivity contribution < 1.29 is 9.53 Å². The van der Waals surface area contributed by atoms with Crippen LogP contribution in [0.1, 0.15) is 28.8 Å². The highest BCUT2D eigenvalue weighted by Crippen LogP contribution is 2.29. The number of aromatic amines is 1. The summed E-state index contributed by atoms with van der Waals surface area (Å²) in [7, 11) is 0. The van der Waals surface area contributed by atoms with Gasteiger partial charge in [-0.2, -0.15) is 5.10 Å². The molecule has 6 nitrogen and oxygen atoms in total. The van der Waals surface area contributed by atoms with Gasteiger partial charge in [0.2, 0.25) is 5.91 Å². The van der Waals surface area contributed by atoms with Crippen molar-refractivity contribution in [1.82, 2.24) is 19.7 Å². The number of nitrogens with one attached hydrogen (secondary N) is 1. The van der Waals surface area contributed by atoms with Gasteiger partial charge in [-0.05, 0) is 49.9 Å². The Morgan fingerprint density at radius 1 is 1.29 bits per heavy atom. The summed E-state index contributed by atoms with van der Waals surface area (Å²) in [4.78, 5) is 18.6. The number of amides is 1. The number of nitrogens with zero attached hydrogens (tertiary/aromatic N) is 3. The molecule has 0 saturated carbocycles. The van der Waals surface area contributed by atoms with Crippen molar-refractivity contribution in [2.24, 2.45) is 0 Å². The van der Waals surface area contributed by atoms with E-state index in [1.54, 1.807) is 6.20 Å². The van der Waals surface area contributed by atoms with E-state index in [1.807, 2.05) is 21.8 Å². The van der Waals surface area contributed by atoms with Crippen molar-refractivity contribution in [3.8, 4) is 0 Å². The Kier molecular flexibility index (Phi) is 5.22. The molecule has 1 aliphatic rings. The fourth-order valence-corrected chi connectivity index (χ4v) is 4.14. The number of hydrogen-bond donors (Lipinski definition) is 1. The van der Waals surface area contributed by atoms with E-state index in [0.29, 0.717) is 26.1 Å². The average molecular weight is 380 g/mol. The lowest BCUT2D eigenvalue weighted by Gasteiger charge is -2.24. The molecule has 6 heteroatoms. The highest BCUT2D eigenvalue weighted by Gasteiger charge is 2.25. The molecule has 3 aromatic rings. The normalized spacial score (nSPS) is 17.8. The zero-order valence-electron chi connectivity index (χ0n) is 16.9. The SMILES string of the molecule is Cc1[nH]c2c(C)ccc(C)c2c1CC(=O)N1CCCO[C@@H](Cn2cccn2)C1. The summed E-state index contributed by atoms with van der Waals surface area (Å²) in [6.07, 6.45) is 4.96. The molecule has 4 rings (SSSR count). The van der Waals surface area contributed by atoms with Crippen molar-refractivity contribution in [1.29, 1.82) is 0 Å². The van der Waals surface area contributed by atoms with Gasteiger partial charge >= 0.3 is 0 Å². The molecule has 1 aromatic carbocycles. The maximum Gasteiger partial charge on any atom is 0.227 e. The molecule has 2 aromatic heterocycles. The minimum Gasteiger partial charge on any atom is -0.374 e. The second-order valence-electron chi connectivity index (χ2n) is 7.77. The number of ether oxygens (including phenoxy) is 1. The van der Waals surface area contributed by atoms with Crippen LogP contribution in [0.2, 0.25) is 0 Å². The van der Waals surface area contributed by atoms with E-state index < -0.39 is 0 Å². The first-order valence-corrected chi connectivity index (χ1v) is 9.97. The third-order valence-electron chi connectivity index (χ3n) is 5.67. The predicted molar refractivity (Wildman–Crippen MR) is 109 cm³/mol. The Morgan fingerprint density at radius 2 is 2.11 bits per heavy atom. The van der Waals surface area contributed by atoms with Gasteiger partial charge in [-0.25, -0.2) is 0 Å². The Balaban J connectivity index is 1.53. The summed E-state index contributed by atoms with van der Waals surface area (Å²) in [5, 5.41) is 5.46. The van der Waals surface area contributed by atoms with Gasteiger partial charge in [0.05, 0.1) is 19.1 Å². The van der Waals surface area contributed by atoms with Gasteiger partial charge in [0.25, 0.3) is 0 Å². The van der Waals surface area contributed by atoms with Gasteiger partial charge in [-0.1, -0.05) is 12.1 Å². The predicted octanol–water partition coefficient (Wildman–Crippen LogP) is 3.15. The maximum atomic E-state index is 13.2. The molecule has 1 fully saturated rings. The molecular weight excluding hydrogens is 352 g/mol. The van der Waals surface area contributed by atoms with Crippen molar-refractivity contribution >= 4 is 16.8 Å². The number of aryl methyl sites for hydroxylation is 3. The minimum atomic E-state index is -0.0283. The van der Waals surface area contributed by atoms with Gasteiger partial charge in [0, 0.05) is 48.7 Å².